The molecule has 0 aliphatic carbocycles. The van der Waals surface area contributed by atoms with Crippen LogP contribution in [0.5, 0.6) is 5.75 Å². The molecule has 0 bridgehead atoms. The van der Waals surface area contributed by atoms with Gasteiger partial charge in [0.15, 0.2) is 0 Å². The molecule has 0 aromatic heterocycles. The molecule has 0 radical (unpaired) electrons. The van der Waals surface area contributed by atoms with E-state index in [1.165, 1.54) is 18.2 Å². The number of rotatable bonds is 5. The third kappa shape index (κ3) is 5.58. The lowest BCUT2D eigenvalue weighted by Crippen LogP contribution is -2.49. The lowest BCUT2D eigenvalue weighted by atomic mass is 9.88. The van der Waals surface area contributed by atoms with E-state index in [0.717, 1.165) is 13.1 Å². The van der Waals surface area contributed by atoms with Crippen molar-refractivity contribution in [3.05, 3.63) is 29.8 Å². The van der Waals surface area contributed by atoms with Gasteiger partial charge >= 0.3 is 6.36 Å². The van der Waals surface area contributed by atoms with Gasteiger partial charge in [-0.25, -0.2) is 0 Å². The van der Waals surface area contributed by atoms with E-state index in [2.05, 4.69) is 15.4 Å². The average molecular weight is 353 g/mol. The smallest absolute Gasteiger partial charge is 0.406 e. The Morgan fingerprint density at radius 2 is 2.00 bits per heavy atom. The molecule has 1 aliphatic heterocycles. The predicted molar refractivity (Wildman–Crippen MR) is 82.5 cm³/mol. The normalized spacial score (nSPS) is 17.4. The first-order valence-corrected chi connectivity index (χ1v) is 7.13. The van der Waals surface area contributed by atoms with Crippen LogP contribution in [-0.2, 0) is 4.79 Å². The minimum absolute atomic E-state index is 0. The number of carbonyl (C=O) groups is 1. The van der Waals surface area contributed by atoms with Crippen LogP contribution >= 0.6 is 12.4 Å². The van der Waals surface area contributed by atoms with E-state index in [4.69, 9.17) is 0 Å². The number of benzene rings is 1. The lowest BCUT2D eigenvalue weighted by molar-refractivity contribution is -0.274. The number of halogens is 4. The average Bonchev–Trinajstić information content (AvgIpc) is 2.34. The summed E-state index contributed by atoms with van der Waals surface area (Å²) >= 11 is 0. The van der Waals surface area contributed by atoms with Crippen molar-refractivity contribution in [2.24, 2.45) is 11.8 Å². The maximum absolute atomic E-state index is 12.2. The highest BCUT2D eigenvalue weighted by atomic mass is 35.5. The van der Waals surface area contributed by atoms with Crippen LogP contribution in [0.4, 0.5) is 13.2 Å². The number of alkyl halides is 3. The molecule has 1 amide bonds. The Kier molecular flexibility index (Phi) is 6.70. The van der Waals surface area contributed by atoms with E-state index in [1.54, 1.807) is 13.0 Å². The third-order valence-corrected chi connectivity index (χ3v) is 3.88. The Morgan fingerprint density at radius 1 is 1.35 bits per heavy atom. The molecule has 2 N–H and O–H groups in total. The van der Waals surface area contributed by atoms with E-state index >= 15 is 0 Å². The summed E-state index contributed by atoms with van der Waals surface area (Å²) in [6.07, 6.45) is -4.73. The minimum Gasteiger partial charge on any atom is -0.406 e. The van der Waals surface area contributed by atoms with Crippen LogP contribution in [-0.4, -0.2) is 25.4 Å². The number of carbonyl (C=O) groups excluding carboxylic acids is 1. The zero-order valence-corrected chi connectivity index (χ0v) is 13.6. The van der Waals surface area contributed by atoms with Crippen molar-refractivity contribution in [2.45, 2.75) is 26.3 Å². The number of nitrogens with one attached hydrogen (secondary N) is 2. The van der Waals surface area contributed by atoms with Crippen molar-refractivity contribution in [3.63, 3.8) is 0 Å². The molecule has 4 nitrogen and oxygen atoms in total. The fraction of sp³-hybridized carbons (Fsp3) is 0.533. The molecular formula is C15H20ClF3N2O2. The highest BCUT2D eigenvalue weighted by Crippen LogP contribution is 2.26. The molecule has 1 fully saturated rings. The van der Waals surface area contributed by atoms with E-state index in [9.17, 15) is 18.0 Å². The SMILES string of the molecule is CC(NC(=O)C(C)C1CNC1)c1cccc(OC(F)(F)F)c1.Cl. The molecular weight excluding hydrogens is 333 g/mol. The second-order valence-corrected chi connectivity index (χ2v) is 5.56. The molecule has 2 unspecified atom stereocenters. The number of amides is 1. The largest absolute Gasteiger partial charge is 0.573 e. The van der Waals surface area contributed by atoms with Gasteiger partial charge in [0.25, 0.3) is 0 Å². The fourth-order valence-corrected chi connectivity index (χ4v) is 2.29. The Hall–Kier alpha value is -1.47. The van der Waals surface area contributed by atoms with Gasteiger partial charge in [-0.1, -0.05) is 19.1 Å². The molecule has 1 saturated heterocycles. The molecule has 0 saturated carbocycles. The van der Waals surface area contributed by atoms with Gasteiger partial charge < -0.3 is 15.4 Å². The summed E-state index contributed by atoms with van der Waals surface area (Å²) < 4.78 is 40.6. The summed E-state index contributed by atoms with van der Waals surface area (Å²) in [5.41, 5.74) is 0.564. The molecule has 23 heavy (non-hydrogen) atoms. The van der Waals surface area contributed by atoms with Crippen molar-refractivity contribution in [1.82, 2.24) is 10.6 Å². The van der Waals surface area contributed by atoms with Crippen LogP contribution in [0.2, 0.25) is 0 Å². The first kappa shape index (κ1) is 19.6. The summed E-state index contributed by atoms with van der Waals surface area (Å²) in [7, 11) is 0. The first-order chi connectivity index (χ1) is 10.3. The van der Waals surface area contributed by atoms with E-state index < -0.39 is 6.36 Å². The highest BCUT2D eigenvalue weighted by Gasteiger charge is 2.32. The van der Waals surface area contributed by atoms with Crippen LogP contribution in [0.15, 0.2) is 24.3 Å². The molecule has 2 atom stereocenters. The third-order valence-electron chi connectivity index (χ3n) is 3.88. The predicted octanol–water partition coefficient (Wildman–Crippen LogP) is 3.04. The van der Waals surface area contributed by atoms with Crippen LogP contribution < -0.4 is 15.4 Å². The molecule has 2 rings (SSSR count). The van der Waals surface area contributed by atoms with E-state index in [-0.39, 0.29) is 36.0 Å². The van der Waals surface area contributed by atoms with Gasteiger partial charge in [-0.3, -0.25) is 4.79 Å². The first-order valence-electron chi connectivity index (χ1n) is 7.13. The van der Waals surface area contributed by atoms with Crippen molar-refractivity contribution in [1.29, 1.82) is 0 Å². The highest BCUT2D eigenvalue weighted by molar-refractivity contribution is 5.85. The maximum atomic E-state index is 12.2. The van der Waals surface area contributed by atoms with Crippen molar-refractivity contribution >= 4 is 18.3 Å². The molecule has 1 aliphatic rings. The van der Waals surface area contributed by atoms with Crippen LogP contribution in [0.1, 0.15) is 25.5 Å². The van der Waals surface area contributed by atoms with Crippen molar-refractivity contribution < 1.29 is 22.7 Å². The number of hydrogen-bond acceptors (Lipinski definition) is 3. The maximum Gasteiger partial charge on any atom is 0.573 e. The van der Waals surface area contributed by atoms with Crippen molar-refractivity contribution in [2.75, 3.05) is 13.1 Å². The second kappa shape index (κ2) is 7.88. The molecule has 8 heteroatoms. The monoisotopic (exact) mass is 352 g/mol. The van der Waals surface area contributed by atoms with Gasteiger partial charge in [-0.05, 0) is 43.6 Å². The zero-order valence-electron chi connectivity index (χ0n) is 12.8. The quantitative estimate of drug-likeness (QED) is 0.856. The fourth-order valence-electron chi connectivity index (χ4n) is 2.29. The number of hydrogen-bond donors (Lipinski definition) is 2. The van der Waals surface area contributed by atoms with Crippen molar-refractivity contribution in [3.8, 4) is 5.75 Å². The van der Waals surface area contributed by atoms with Gasteiger partial charge in [-0.15, -0.1) is 25.6 Å². The number of ether oxygens (including phenoxy) is 1. The van der Waals surface area contributed by atoms with Gasteiger partial charge in [0.1, 0.15) is 5.75 Å². The Labute approximate surface area is 139 Å². The van der Waals surface area contributed by atoms with Gasteiger partial charge in [0, 0.05) is 5.92 Å². The Bertz CT molecular complexity index is 536. The summed E-state index contributed by atoms with van der Waals surface area (Å²) in [6, 6.07) is 5.25. The standard InChI is InChI=1S/C15H19F3N2O2.ClH/c1-9(12-7-19-8-12)14(21)20-10(2)11-4-3-5-13(6-11)22-15(16,17)18;/h3-6,9-10,12,19H,7-8H2,1-2H3,(H,20,21);1H. The topological polar surface area (TPSA) is 50.4 Å². The van der Waals surface area contributed by atoms with Crippen LogP contribution in [0, 0.1) is 11.8 Å². The summed E-state index contributed by atoms with van der Waals surface area (Å²) in [5, 5.41) is 5.94. The second-order valence-electron chi connectivity index (χ2n) is 5.56. The van der Waals surface area contributed by atoms with Crippen LogP contribution in [0.25, 0.3) is 0 Å². The van der Waals surface area contributed by atoms with E-state index in [1.807, 2.05) is 6.92 Å². The van der Waals surface area contributed by atoms with Gasteiger partial charge in [0.2, 0.25) is 5.91 Å². The van der Waals surface area contributed by atoms with Gasteiger partial charge in [0.05, 0.1) is 6.04 Å². The Balaban J connectivity index is 0.00000264. The van der Waals surface area contributed by atoms with E-state index in [0.29, 0.717) is 11.5 Å². The summed E-state index contributed by atoms with van der Waals surface area (Å²) in [4.78, 5) is 12.1. The zero-order chi connectivity index (χ0) is 16.3. The molecule has 0 spiro atoms. The van der Waals surface area contributed by atoms with Gasteiger partial charge in [-0.2, -0.15) is 0 Å². The molecule has 130 valence electrons. The van der Waals surface area contributed by atoms with Crippen LogP contribution in [0.3, 0.4) is 0 Å². The molecule has 1 aromatic rings. The lowest BCUT2D eigenvalue weighted by Gasteiger charge is -2.32. The molecule has 1 aromatic carbocycles. The summed E-state index contributed by atoms with van der Waals surface area (Å²) in [6.45, 7) is 5.23. The Morgan fingerprint density at radius 3 is 2.52 bits per heavy atom. The summed E-state index contributed by atoms with van der Waals surface area (Å²) in [5.74, 6) is -0.200. The molecule has 1 heterocycles. The minimum atomic E-state index is -4.73.